The molecule has 1 aliphatic rings. The van der Waals surface area contributed by atoms with Gasteiger partial charge < -0.3 is 14.6 Å². The first kappa shape index (κ1) is 16.1. The number of carbonyl (C=O) groups excluding carboxylic acids is 1. The van der Waals surface area contributed by atoms with Crippen molar-refractivity contribution in [2.24, 2.45) is 5.92 Å². The average molecular weight is 314 g/mol. The number of furan rings is 1. The van der Waals surface area contributed by atoms with Crippen LogP contribution in [-0.2, 0) is 17.8 Å². The van der Waals surface area contributed by atoms with Crippen LogP contribution < -0.4 is 5.32 Å². The van der Waals surface area contributed by atoms with E-state index in [1.807, 2.05) is 30.1 Å². The summed E-state index contributed by atoms with van der Waals surface area (Å²) in [5.74, 6) is 1.88. The third-order valence-electron chi connectivity index (χ3n) is 4.85. The molecule has 23 heavy (non-hydrogen) atoms. The van der Waals surface area contributed by atoms with Crippen LogP contribution in [0.3, 0.4) is 0 Å². The molecule has 4 nitrogen and oxygen atoms in total. The van der Waals surface area contributed by atoms with E-state index >= 15 is 0 Å². The Balaban J connectivity index is 1.66. The van der Waals surface area contributed by atoms with E-state index in [0.717, 1.165) is 48.2 Å². The molecule has 1 fully saturated rings. The normalized spacial score (nSPS) is 17.7. The zero-order chi connectivity index (χ0) is 16.2. The van der Waals surface area contributed by atoms with Crippen molar-refractivity contribution in [2.75, 3.05) is 20.1 Å². The molecule has 0 spiro atoms. The van der Waals surface area contributed by atoms with Crippen molar-refractivity contribution in [2.45, 2.75) is 39.2 Å². The number of nitrogens with one attached hydrogen (secondary N) is 1. The Morgan fingerprint density at radius 3 is 2.96 bits per heavy atom. The summed E-state index contributed by atoms with van der Waals surface area (Å²) in [5, 5.41) is 4.49. The molecule has 1 aromatic heterocycles. The van der Waals surface area contributed by atoms with E-state index in [9.17, 15) is 4.79 Å². The van der Waals surface area contributed by atoms with Crippen molar-refractivity contribution in [3.8, 4) is 0 Å². The van der Waals surface area contributed by atoms with E-state index in [-0.39, 0.29) is 5.91 Å². The zero-order valence-electron chi connectivity index (χ0n) is 14.1. The van der Waals surface area contributed by atoms with Crippen molar-refractivity contribution in [3.05, 3.63) is 35.6 Å². The quantitative estimate of drug-likeness (QED) is 0.889. The van der Waals surface area contributed by atoms with E-state index in [0.29, 0.717) is 18.9 Å². The minimum atomic E-state index is 0.226. The molecule has 1 saturated heterocycles. The van der Waals surface area contributed by atoms with E-state index in [2.05, 4.69) is 18.3 Å². The van der Waals surface area contributed by atoms with Gasteiger partial charge in [-0.1, -0.05) is 25.1 Å². The Morgan fingerprint density at radius 1 is 1.39 bits per heavy atom. The second-order valence-corrected chi connectivity index (χ2v) is 6.50. The van der Waals surface area contributed by atoms with E-state index < -0.39 is 0 Å². The maximum absolute atomic E-state index is 12.4. The Bertz CT molecular complexity index is 671. The number of hydrogen-bond acceptors (Lipinski definition) is 3. The van der Waals surface area contributed by atoms with Gasteiger partial charge in [-0.25, -0.2) is 0 Å². The van der Waals surface area contributed by atoms with E-state index in [4.69, 9.17) is 4.42 Å². The topological polar surface area (TPSA) is 45.5 Å². The molecule has 1 aromatic carbocycles. The smallest absolute Gasteiger partial charge is 0.222 e. The van der Waals surface area contributed by atoms with Gasteiger partial charge >= 0.3 is 0 Å². The monoisotopic (exact) mass is 314 g/mol. The van der Waals surface area contributed by atoms with Crippen molar-refractivity contribution >= 4 is 16.9 Å². The number of fused-ring (bicyclic) bond motifs is 1. The number of rotatable bonds is 6. The molecule has 3 rings (SSSR count). The maximum atomic E-state index is 12.4. The molecule has 1 N–H and O–H groups in total. The molecule has 2 heterocycles. The van der Waals surface area contributed by atoms with Crippen LogP contribution in [0, 0.1) is 5.92 Å². The van der Waals surface area contributed by atoms with Gasteiger partial charge in [-0.2, -0.15) is 0 Å². The summed E-state index contributed by atoms with van der Waals surface area (Å²) in [7, 11) is 1.90. The number of hydrogen-bond donors (Lipinski definition) is 1. The summed E-state index contributed by atoms with van der Waals surface area (Å²) >= 11 is 0. The fourth-order valence-corrected chi connectivity index (χ4v) is 3.41. The van der Waals surface area contributed by atoms with Crippen LogP contribution in [0.5, 0.6) is 0 Å². The van der Waals surface area contributed by atoms with Gasteiger partial charge in [-0.05, 0) is 37.9 Å². The minimum Gasteiger partial charge on any atom is -0.461 e. The van der Waals surface area contributed by atoms with Crippen molar-refractivity contribution in [1.82, 2.24) is 10.2 Å². The second-order valence-electron chi connectivity index (χ2n) is 6.50. The highest BCUT2D eigenvalue weighted by Crippen LogP contribution is 2.27. The van der Waals surface area contributed by atoms with Crippen molar-refractivity contribution in [1.29, 1.82) is 0 Å². The highest BCUT2D eigenvalue weighted by atomic mass is 16.3. The Morgan fingerprint density at radius 2 is 2.22 bits per heavy atom. The first-order chi connectivity index (χ1) is 11.2. The van der Waals surface area contributed by atoms with E-state index in [1.54, 1.807) is 0 Å². The fourth-order valence-electron chi connectivity index (χ4n) is 3.41. The van der Waals surface area contributed by atoms with Gasteiger partial charge in [-0.3, -0.25) is 4.79 Å². The molecule has 1 amide bonds. The first-order valence-corrected chi connectivity index (χ1v) is 8.63. The summed E-state index contributed by atoms with van der Waals surface area (Å²) in [6.07, 6.45) is 3.67. The van der Waals surface area contributed by atoms with Gasteiger partial charge in [0, 0.05) is 37.4 Å². The molecule has 0 aliphatic carbocycles. The number of benzene rings is 1. The van der Waals surface area contributed by atoms with Crippen LogP contribution in [0.1, 0.15) is 37.5 Å². The predicted octanol–water partition coefficient (Wildman–Crippen LogP) is 3.34. The minimum absolute atomic E-state index is 0.226. The zero-order valence-corrected chi connectivity index (χ0v) is 14.1. The molecule has 1 atom stereocenters. The lowest BCUT2D eigenvalue weighted by atomic mass is 10.0. The lowest BCUT2D eigenvalue weighted by Gasteiger charge is -2.18. The lowest BCUT2D eigenvalue weighted by Crippen LogP contribution is -2.27. The fraction of sp³-hybridized carbons (Fsp3) is 0.526. The van der Waals surface area contributed by atoms with Gasteiger partial charge in [0.1, 0.15) is 11.3 Å². The number of aryl methyl sites for hydroxylation is 1. The number of para-hydroxylation sites is 1. The Labute approximate surface area is 137 Å². The largest absolute Gasteiger partial charge is 0.461 e. The molecule has 4 heteroatoms. The molecule has 0 saturated carbocycles. The molecule has 1 aliphatic heterocycles. The summed E-state index contributed by atoms with van der Waals surface area (Å²) in [6.45, 7) is 4.87. The summed E-state index contributed by atoms with van der Waals surface area (Å²) in [6, 6.07) is 8.08. The van der Waals surface area contributed by atoms with Gasteiger partial charge in [0.25, 0.3) is 0 Å². The predicted molar refractivity (Wildman–Crippen MR) is 92.3 cm³/mol. The van der Waals surface area contributed by atoms with Gasteiger partial charge in [-0.15, -0.1) is 0 Å². The SMILES string of the molecule is CCc1oc2ccccc2c1CN(C)C(=O)CCC1CCNC1. The molecular formula is C19H26N2O2. The van der Waals surface area contributed by atoms with Crippen LogP contribution in [-0.4, -0.2) is 30.9 Å². The molecule has 124 valence electrons. The Kier molecular flexibility index (Phi) is 5.01. The molecule has 0 radical (unpaired) electrons. The van der Waals surface area contributed by atoms with E-state index in [1.165, 1.54) is 6.42 Å². The lowest BCUT2D eigenvalue weighted by molar-refractivity contribution is -0.130. The third-order valence-corrected chi connectivity index (χ3v) is 4.85. The summed E-state index contributed by atoms with van der Waals surface area (Å²) in [5.41, 5.74) is 2.07. The van der Waals surface area contributed by atoms with Crippen molar-refractivity contribution in [3.63, 3.8) is 0 Å². The number of carbonyl (C=O) groups is 1. The van der Waals surface area contributed by atoms with Crippen molar-refractivity contribution < 1.29 is 9.21 Å². The van der Waals surface area contributed by atoms with Crippen LogP contribution in [0.4, 0.5) is 0 Å². The first-order valence-electron chi connectivity index (χ1n) is 8.63. The third kappa shape index (κ3) is 3.58. The summed E-state index contributed by atoms with van der Waals surface area (Å²) < 4.78 is 5.92. The Hall–Kier alpha value is -1.81. The van der Waals surface area contributed by atoms with Gasteiger partial charge in [0.15, 0.2) is 0 Å². The summed E-state index contributed by atoms with van der Waals surface area (Å²) in [4.78, 5) is 14.3. The molecular weight excluding hydrogens is 288 g/mol. The average Bonchev–Trinajstić information content (AvgIpc) is 3.20. The molecule has 0 bridgehead atoms. The van der Waals surface area contributed by atoms with Gasteiger partial charge in [0.05, 0.1) is 0 Å². The maximum Gasteiger partial charge on any atom is 0.222 e. The highest BCUT2D eigenvalue weighted by molar-refractivity contribution is 5.83. The van der Waals surface area contributed by atoms with Crippen LogP contribution >= 0.6 is 0 Å². The van der Waals surface area contributed by atoms with Crippen LogP contribution in [0.15, 0.2) is 28.7 Å². The van der Waals surface area contributed by atoms with Crippen LogP contribution in [0.25, 0.3) is 11.0 Å². The second kappa shape index (κ2) is 7.18. The highest BCUT2D eigenvalue weighted by Gasteiger charge is 2.19. The van der Waals surface area contributed by atoms with Crippen LogP contribution in [0.2, 0.25) is 0 Å². The number of nitrogens with zero attached hydrogens (tertiary/aromatic N) is 1. The standard InChI is InChI=1S/C19H26N2O2/c1-3-17-16(15-6-4-5-7-18(15)23-17)13-21(2)19(22)9-8-14-10-11-20-12-14/h4-7,14,20H,3,8-13H2,1-2H3. The molecule has 2 aromatic rings. The number of amides is 1. The molecule has 1 unspecified atom stereocenters. The van der Waals surface area contributed by atoms with Gasteiger partial charge in [0.2, 0.25) is 5.91 Å².